The lowest BCUT2D eigenvalue weighted by Crippen LogP contribution is -2.35. The molecule has 2 heteroatoms. The van der Waals surface area contributed by atoms with Gasteiger partial charge in [0.25, 0.3) is 0 Å². The summed E-state index contributed by atoms with van der Waals surface area (Å²) < 4.78 is 0. The van der Waals surface area contributed by atoms with E-state index in [9.17, 15) is 0 Å². The molecule has 0 saturated carbocycles. The first-order chi connectivity index (χ1) is 8.67. The van der Waals surface area contributed by atoms with Crippen molar-refractivity contribution in [2.24, 2.45) is 17.8 Å². The van der Waals surface area contributed by atoms with E-state index in [4.69, 9.17) is 0 Å². The van der Waals surface area contributed by atoms with Gasteiger partial charge in [0.15, 0.2) is 0 Å². The van der Waals surface area contributed by atoms with E-state index >= 15 is 0 Å². The van der Waals surface area contributed by atoms with Crippen LogP contribution >= 0.6 is 0 Å². The summed E-state index contributed by atoms with van der Waals surface area (Å²) in [5.41, 5.74) is 0. The predicted molar refractivity (Wildman–Crippen MR) is 80.9 cm³/mol. The lowest BCUT2D eigenvalue weighted by Gasteiger charge is -2.31. The van der Waals surface area contributed by atoms with Crippen molar-refractivity contribution in [3.8, 4) is 0 Å². The molecule has 0 spiro atoms. The molecule has 0 aromatic rings. The highest BCUT2D eigenvalue weighted by Gasteiger charge is 2.20. The maximum absolute atomic E-state index is 3.55. The SMILES string of the molecule is CCC(C)CN(CC)CCC(C)C1CCCNC1. The van der Waals surface area contributed by atoms with Gasteiger partial charge in [-0.1, -0.05) is 34.1 Å². The summed E-state index contributed by atoms with van der Waals surface area (Å²) in [4.78, 5) is 2.64. The molecule has 108 valence electrons. The second kappa shape index (κ2) is 8.92. The molecular formula is C16H34N2. The van der Waals surface area contributed by atoms with Crippen molar-refractivity contribution in [3.05, 3.63) is 0 Å². The Morgan fingerprint density at radius 3 is 2.61 bits per heavy atom. The van der Waals surface area contributed by atoms with Crippen LogP contribution in [0.4, 0.5) is 0 Å². The molecule has 1 heterocycles. The van der Waals surface area contributed by atoms with Gasteiger partial charge in [-0.3, -0.25) is 0 Å². The van der Waals surface area contributed by atoms with E-state index in [1.54, 1.807) is 0 Å². The van der Waals surface area contributed by atoms with Crippen LogP contribution in [0.5, 0.6) is 0 Å². The molecule has 1 aliphatic heterocycles. The Kier molecular flexibility index (Phi) is 7.92. The first-order valence-electron chi connectivity index (χ1n) is 8.10. The van der Waals surface area contributed by atoms with E-state index in [1.807, 2.05) is 0 Å². The average Bonchev–Trinajstić information content (AvgIpc) is 2.43. The summed E-state index contributed by atoms with van der Waals surface area (Å²) in [7, 11) is 0. The molecular weight excluding hydrogens is 220 g/mol. The Morgan fingerprint density at radius 1 is 1.28 bits per heavy atom. The molecule has 2 nitrogen and oxygen atoms in total. The van der Waals surface area contributed by atoms with Crippen LogP contribution in [0.2, 0.25) is 0 Å². The minimum atomic E-state index is 0.844. The molecule has 1 rings (SSSR count). The van der Waals surface area contributed by atoms with Gasteiger partial charge in [0.05, 0.1) is 0 Å². The van der Waals surface area contributed by atoms with Gasteiger partial charge in [-0.15, -0.1) is 0 Å². The van der Waals surface area contributed by atoms with Crippen LogP contribution in [-0.2, 0) is 0 Å². The normalized spacial score (nSPS) is 24.2. The summed E-state index contributed by atoms with van der Waals surface area (Å²) in [6.45, 7) is 15.7. The van der Waals surface area contributed by atoms with Crippen molar-refractivity contribution < 1.29 is 0 Å². The highest BCUT2D eigenvalue weighted by atomic mass is 15.1. The molecule has 1 saturated heterocycles. The smallest absolute Gasteiger partial charge is 0.000680 e. The van der Waals surface area contributed by atoms with Crippen LogP contribution in [-0.4, -0.2) is 37.6 Å². The van der Waals surface area contributed by atoms with E-state index in [0.717, 1.165) is 17.8 Å². The predicted octanol–water partition coefficient (Wildman–Crippen LogP) is 3.38. The van der Waals surface area contributed by atoms with Gasteiger partial charge in [0, 0.05) is 6.54 Å². The zero-order valence-corrected chi connectivity index (χ0v) is 13.0. The maximum Gasteiger partial charge on any atom is 0.000680 e. The first kappa shape index (κ1) is 16.0. The van der Waals surface area contributed by atoms with E-state index in [-0.39, 0.29) is 0 Å². The summed E-state index contributed by atoms with van der Waals surface area (Å²) in [6.07, 6.45) is 5.49. The van der Waals surface area contributed by atoms with Crippen molar-refractivity contribution in [2.75, 3.05) is 32.7 Å². The molecule has 0 bridgehead atoms. The van der Waals surface area contributed by atoms with E-state index < -0.39 is 0 Å². The summed E-state index contributed by atoms with van der Waals surface area (Å²) in [5.74, 6) is 2.64. The zero-order valence-electron chi connectivity index (χ0n) is 13.0. The van der Waals surface area contributed by atoms with Crippen LogP contribution in [0.3, 0.4) is 0 Å². The van der Waals surface area contributed by atoms with Crippen LogP contribution in [0.15, 0.2) is 0 Å². The highest BCUT2D eigenvalue weighted by molar-refractivity contribution is 4.75. The fourth-order valence-corrected chi connectivity index (χ4v) is 2.93. The fourth-order valence-electron chi connectivity index (χ4n) is 2.93. The standard InChI is InChI=1S/C16H34N2/c1-5-14(3)13-18(6-2)11-9-15(4)16-8-7-10-17-12-16/h14-17H,5-13H2,1-4H3. The van der Waals surface area contributed by atoms with Gasteiger partial charge < -0.3 is 10.2 Å². The van der Waals surface area contributed by atoms with Crippen molar-refractivity contribution in [2.45, 2.75) is 53.4 Å². The molecule has 3 atom stereocenters. The van der Waals surface area contributed by atoms with Gasteiger partial charge in [0.1, 0.15) is 0 Å². The number of nitrogens with zero attached hydrogens (tertiary/aromatic N) is 1. The summed E-state index contributed by atoms with van der Waals surface area (Å²) in [6, 6.07) is 0. The minimum Gasteiger partial charge on any atom is -0.316 e. The lowest BCUT2D eigenvalue weighted by molar-refractivity contribution is 0.200. The molecule has 1 fully saturated rings. The van der Waals surface area contributed by atoms with Crippen molar-refractivity contribution in [1.82, 2.24) is 10.2 Å². The Hall–Kier alpha value is -0.0800. The average molecular weight is 254 g/mol. The second-order valence-electron chi connectivity index (χ2n) is 6.28. The number of rotatable bonds is 8. The van der Waals surface area contributed by atoms with Gasteiger partial charge >= 0.3 is 0 Å². The number of hydrogen-bond donors (Lipinski definition) is 1. The van der Waals surface area contributed by atoms with E-state index in [0.29, 0.717) is 0 Å². The lowest BCUT2D eigenvalue weighted by atomic mass is 9.85. The topological polar surface area (TPSA) is 15.3 Å². The Bertz CT molecular complexity index is 197. The Morgan fingerprint density at radius 2 is 2.06 bits per heavy atom. The van der Waals surface area contributed by atoms with E-state index in [1.165, 1.54) is 58.4 Å². The third-order valence-corrected chi connectivity index (χ3v) is 4.75. The molecule has 0 amide bonds. The third-order valence-electron chi connectivity index (χ3n) is 4.75. The van der Waals surface area contributed by atoms with Crippen LogP contribution in [0.25, 0.3) is 0 Å². The molecule has 0 aliphatic carbocycles. The fraction of sp³-hybridized carbons (Fsp3) is 1.00. The van der Waals surface area contributed by atoms with Gasteiger partial charge in [-0.2, -0.15) is 0 Å². The quantitative estimate of drug-likeness (QED) is 0.714. The maximum atomic E-state index is 3.55. The molecule has 0 aromatic carbocycles. The first-order valence-corrected chi connectivity index (χ1v) is 8.10. The molecule has 0 aromatic heterocycles. The third kappa shape index (κ3) is 5.71. The number of hydrogen-bond acceptors (Lipinski definition) is 2. The number of nitrogens with one attached hydrogen (secondary N) is 1. The zero-order chi connectivity index (χ0) is 13.4. The van der Waals surface area contributed by atoms with Gasteiger partial charge in [-0.05, 0) is 63.2 Å². The Balaban J connectivity index is 2.23. The van der Waals surface area contributed by atoms with Crippen molar-refractivity contribution >= 4 is 0 Å². The van der Waals surface area contributed by atoms with Gasteiger partial charge in [0.2, 0.25) is 0 Å². The highest BCUT2D eigenvalue weighted by Crippen LogP contribution is 2.22. The molecule has 3 unspecified atom stereocenters. The van der Waals surface area contributed by atoms with Crippen LogP contribution in [0, 0.1) is 17.8 Å². The molecule has 1 aliphatic rings. The van der Waals surface area contributed by atoms with E-state index in [2.05, 4.69) is 37.9 Å². The van der Waals surface area contributed by atoms with Crippen LogP contribution in [0.1, 0.15) is 53.4 Å². The molecule has 18 heavy (non-hydrogen) atoms. The second-order valence-corrected chi connectivity index (χ2v) is 6.28. The molecule has 0 radical (unpaired) electrons. The van der Waals surface area contributed by atoms with Gasteiger partial charge in [-0.25, -0.2) is 0 Å². The Labute approximate surface area is 115 Å². The van der Waals surface area contributed by atoms with Crippen molar-refractivity contribution in [3.63, 3.8) is 0 Å². The molecule has 1 N–H and O–H groups in total. The van der Waals surface area contributed by atoms with Crippen molar-refractivity contribution in [1.29, 1.82) is 0 Å². The monoisotopic (exact) mass is 254 g/mol. The van der Waals surface area contributed by atoms with Crippen LogP contribution < -0.4 is 5.32 Å². The largest absolute Gasteiger partial charge is 0.316 e. The summed E-state index contributed by atoms with van der Waals surface area (Å²) >= 11 is 0. The number of piperidine rings is 1. The minimum absolute atomic E-state index is 0.844. The summed E-state index contributed by atoms with van der Waals surface area (Å²) in [5, 5.41) is 3.55.